The summed E-state index contributed by atoms with van der Waals surface area (Å²) >= 11 is 0. The van der Waals surface area contributed by atoms with Crippen molar-refractivity contribution >= 4 is 19.8 Å². The van der Waals surface area contributed by atoms with E-state index in [-0.39, 0.29) is 12.8 Å². The van der Waals surface area contributed by atoms with Crippen molar-refractivity contribution in [2.24, 2.45) is 0 Å². The van der Waals surface area contributed by atoms with Gasteiger partial charge in [0.15, 0.2) is 6.10 Å². The highest BCUT2D eigenvalue weighted by atomic mass is 31.2. The van der Waals surface area contributed by atoms with Crippen LogP contribution < -0.4 is 0 Å². The number of esters is 2. The number of unbranched alkanes of at least 4 members (excludes halogenated alkanes) is 29. The zero-order valence-electron chi connectivity index (χ0n) is 43.4. The predicted molar refractivity (Wildman–Crippen MR) is 277 cm³/mol. The Morgan fingerprint density at radius 1 is 0.449 bits per heavy atom. The Labute approximate surface area is 418 Å². The van der Waals surface area contributed by atoms with Gasteiger partial charge < -0.3 is 39.9 Å². The number of hydrogen-bond donors (Lipinski definition) is 6. The third-order valence-corrected chi connectivity index (χ3v) is 13.9. The van der Waals surface area contributed by atoms with Crippen molar-refractivity contribution in [3.8, 4) is 0 Å². The molecule has 0 aromatic rings. The quantitative estimate of drug-likeness (QED) is 0.0145. The van der Waals surface area contributed by atoms with Crippen molar-refractivity contribution in [1.82, 2.24) is 0 Å². The Morgan fingerprint density at radius 3 is 1.22 bits per heavy atom. The van der Waals surface area contributed by atoms with Crippen LogP contribution in [0, 0.1) is 0 Å². The van der Waals surface area contributed by atoms with Crippen LogP contribution in [0.1, 0.15) is 245 Å². The molecule has 1 rings (SSSR count). The van der Waals surface area contributed by atoms with Crippen molar-refractivity contribution in [3.05, 3.63) is 36.5 Å². The molecule has 1 fully saturated rings. The topological polar surface area (TPSA) is 210 Å². The normalized spacial score (nSPS) is 21.1. The molecule has 6 unspecified atom stereocenters. The maximum absolute atomic E-state index is 12.9. The van der Waals surface area contributed by atoms with Crippen LogP contribution in [-0.2, 0) is 32.7 Å². The summed E-state index contributed by atoms with van der Waals surface area (Å²) in [6.07, 6.45) is 40.4. The molecular weight excluding hydrogens is 900 g/mol. The molecule has 0 aromatic heterocycles. The molecule has 0 saturated heterocycles. The lowest BCUT2D eigenvalue weighted by Crippen LogP contribution is -2.64. The van der Waals surface area contributed by atoms with E-state index in [9.17, 15) is 44.6 Å². The number of ether oxygens (including phenoxy) is 2. The van der Waals surface area contributed by atoms with E-state index in [0.29, 0.717) is 12.8 Å². The van der Waals surface area contributed by atoms with Gasteiger partial charge in [0.25, 0.3) is 0 Å². The molecule has 0 bridgehead atoms. The zero-order chi connectivity index (χ0) is 50.6. The van der Waals surface area contributed by atoms with Gasteiger partial charge in [-0.2, -0.15) is 0 Å². The Hall–Kier alpha value is -1.93. The van der Waals surface area contributed by atoms with Crippen molar-refractivity contribution in [2.45, 2.75) is 288 Å². The second-order valence-electron chi connectivity index (χ2n) is 19.4. The van der Waals surface area contributed by atoms with Crippen LogP contribution in [0.25, 0.3) is 0 Å². The van der Waals surface area contributed by atoms with E-state index in [4.69, 9.17) is 18.5 Å². The van der Waals surface area contributed by atoms with Crippen molar-refractivity contribution in [3.63, 3.8) is 0 Å². The standard InChI is InChI=1S/C55H101O13P/c1-3-5-7-9-11-13-15-17-19-21-23-24-26-27-29-31-33-35-37-39-41-43-48(56)65-45-47(46-66-69(63,64)68-55-53(61)51(59)50(58)52(60)54(55)62)67-49(57)44-42-40-38-36-34-32-30-28-25-22-20-18-16-14-12-10-8-6-4-2/h12,14,18,20-21,23,47,50-55,58-62H,3-11,13,15-17,19,22,24-46H2,1-2H3,(H,63,64)/b14-12-,20-18-,23-21-. The van der Waals surface area contributed by atoms with Crippen LogP contribution in [0.2, 0.25) is 0 Å². The maximum Gasteiger partial charge on any atom is 0.472 e. The minimum Gasteiger partial charge on any atom is -0.462 e. The summed E-state index contributed by atoms with van der Waals surface area (Å²) in [5.74, 6) is -1.10. The van der Waals surface area contributed by atoms with Gasteiger partial charge in [0.1, 0.15) is 43.2 Å². The van der Waals surface area contributed by atoms with Crippen LogP contribution in [0.5, 0.6) is 0 Å². The van der Waals surface area contributed by atoms with E-state index < -0.39 is 75.7 Å². The Bertz CT molecular complexity index is 1340. The molecule has 1 saturated carbocycles. The SMILES string of the molecule is CCCCC/C=C\C/C=C\CCCCCCCCCCCC(=O)OC(COC(=O)CCCCCCCCCCC/C=C\CCCCCCCCCC)COP(=O)(O)OC1C(O)C(O)C(O)C(O)C1O. The summed E-state index contributed by atoms with van der Waals surface area (Å²) in [6, 6.07) is 0. The molecule has 0 radical (unpaired) electrons. The molecule has 6 N–H and O–H groups in total. The van der Waals surface area contributed by atoms with Crippen LogP contribution in [-0.4, -0.2) is 98.3 Å². The lowest BCUT2D eigenvalue weighted by molar-refractivity contribution is -0.220. The highest BCUT2D eigenvalue weighted by Crippen LogP contribution is 2.47. The number of phosphoric ester groups is 1. The van der Waals surface area contributed by atoms with Gasteiger partial charge in [-0.15, -0.1) is 0 Å². The molecule has 0 amide bonds. The van der Waals surface area contributed by atoms with Crippen molar-refractivity contribution in [1.29, 1.82) is 0 Å². The number of rotatable bonds is 47. The van der Waals surface area contributed by atoms with Crippen LogP contribution in [0.3, 0.4) is 0 Å². The molecule has 1 aliphatic rings. The van der Waals surface area contributed by atoms with E-state index in [1.165, 1.54) is 141 Å². The van der Waals surface area contributed by atoms with Crippen LogP contribution in [0.4, 0.5) is 0 Å². The van der Waals surface area contributed by atoms with E-state index in [1.54, 1.807) is 0 Å². The maximum atomic E-state index is 12.9. The predicted octanol–water partition coefficient (Wildman–Crippen LogP) is 12.5. The van der Waals surface area contributed by atoms with Gasteiger partial charge in [0.2, 0.25) is 0 Å². The lowest BCUT2D eigenvalue weighted by Gasteiger charge is -2.41. The third-order valence-electron chi connectivity index (χ3n) is 13.0. The first-order chi connectivity index (χ1) is 33.4. The minimum atomic E-state index is -5.13. The number of aliphatic hydroxyl groups is 5. The van der Waals surface area contributed by atoms with Gasteiger partial charge in [-0.1, -0.05) is 198 Å². The van der Waals surface area contributed by atoms with E-state index in [2.05, 4.69) is 50.3 Å². The second kappa shape index (κ2) is 44.7. The highest BCUT2D eigenvalue weighted by molar-refractivity contribution is 7.47. The molecule has 0 heterocycles. The summed E-state index contributed by atoms with van der Waals surface area (Å²) in [7, 11) is -5.13. The second-order valence-corrected chi connectivity index (χ2v) is 20.8. The molecule has 14 heteroatoms. The van der Waals surface area contributed by atoms with Gasteiger partial charge >= 0.3 is 19.8 Å². The smallest absolute Gasteiger partial charge is 0.462 e. The first kappa shape index (κ1) is 65.1. The monoisotopic (exact) mass is 1000 g/mol. The fourth-order valence-corrected chi connectivity index (χ4v) is 9.46. The number of hydrogen-bond acceptors (Lipinski definition) is 12. The number of phosphoric acid groups is 1. The largest absolute Gasteiger partial charge is 0.472 e. The lowest BCUT2D eigenvalue weighted by atomic mass is 9.85. The summed E-state index contributed by atoms with van der Waals surface area (Å²) in [5, 5.41) is 50.3. The number of carbonyl (C=O) groups is 2. The molecule has 404 valence electrons. The number of aliphatic hydroxyl groups excluding tert-OH is 5. The fraction of sp³-hybridized carbons (Fsp3) is 0.855. The molecule has 6 atom stereocenters. The van der Waals surface area contributed by atoms with Crippen molar-refractivity contribution in [2.75, 3.05) is 13.2 Å². The van der Waals surface area contributed by atoms with Crippen molar-refractivity contribution < 1.29 is 63.1 Å². The molecular formula is C55H101O13P. The average Bonchev–Trinajstić information content (AvgIpc) is 3.33. The molecule has 0 aromatic carbocycles. The number of carbonyl (C=O) groups excluding carboxylic acids is 2. The molecule has 69 heavy (non-hydrogen) atoms. The van der Waals surface area contributed by atoms with Crippen LogP contribution in [0.15, 0.2) is 36.5 Å². The Morgan fingerprint density at radius 2 is 0.783 bits per heavy atom. The van der Waals surface area contributed by atoms with Gasteiger partial charge in [-0.05, 0) is 70.6 Å². The Balaban J connectivity index is 2.36. The first-order valence-electron chi connectivity index (χ1n) is 27.8. The zero-order valence-corrected chi connectivity index (χ0v) is 44.3. The van der Waals surface area contributed by atoms with E-state index in [0.717, 1.165) is 64.2 Å². The molecule has 1 aliphatic carbocycles. The molecule has 0 spiro atoms. The van der Waals surface area contributed by atoms with E-state index in [1.807, 2.05) is 0 Å². The van der Waals surface area contributed by atoms with E-state index >= 15 is 0 Å². The summed E-state index contributed by atoms with van der Waals surface area (Å²) < 4.78 is 33.7. The molecule has 13 nitrogen and oxygen atoms in total. The summed E-state index contributed by atoms with van der Waals surface area (Å²) in [4.78, 5) is 35.9. The van der Waals surface area contributed by atoms with Gasteiger partial charge in [-0.3, -0.25) is 18.6 Å². The number of allylic oxidation sites excluding steroid dienone is 6. The van der Waals surface area contributed by atoms with Crippen LogP contribution >= 0.6 is 7.82 Å². The molecule has 0 aliphatic heterocycles. The van der Waals surface area contributed by atoms with Gasteiger partial charge in [0.05, 0.1) is 6.61 Å². The summed E-state index contributed by atoms with van der Waals surface area (Å²) in [5.41, 5.74) is 0. The average molecular weight is 1000 g/mol. The first-order valence-corrected chi connectivity index (χ1v) is 29.3. The highest BCUT2D eigenvalue weighted by Gasteiger charge is 2.51. The minimum absolute atomic E-state index is 0.0925. The van der Waals surface area contributed by atoms with Gasteiger partial charge in [0, 0.05) is 12.8 Å². The fourth-order valence-electron chi connectivity index (χ4n) is 8.49. The Kier molecular flexibility index (Phi) is 42.2. The third kappa shape index (κ3) is 36.6. The van der Waals surface area contributed by atoms with Gasteiger partial charge in [-0.25, -0.2) is 4.57 Å². The summed E-state index contributed by atoms with van der Waals surface area (Å²) in [6.45, 7) is 3.31.